The summed E-state index contributed by atoms with van der Waals surface area (Å²) < 4.78 is 1.83. The Morgan fingerprint density at radius 2 is 1.93 bits per heavy atom. The Balaban J connectivity index is 2.03. The highest BCUT2D eigenvalue weighted by molar-refractivity contribution is 6.41. The largest absolute Gasteiger partial charge is 0.357 e. The Bertz CT molecular complexity index is 832. The van der Waals surface area contributed by atoms with Gasteiger partial charge in [-0.25, -0.2) is 4.99 Å². The number of hydrogen-bond acceptors (Lipinski definition) is 2. The summed E-state index contributed by atoms with van der Waals surface area (Å²) in [6, 6.07) is 9.35. The third-order valence-electron chi connectivity index (χ3n) is 4.14. The fourth-order valence-electron chi connectivity index (χ4n) is 2.60. The average Bonchev–Trinajstić information content (AvgIpc) is 2.95. The lowest BCUT2D eigenvalue weighted by Crippen LogP contribution is -2.37. The van der Waals surface area contributed by atoms with Crippen LogP contribution in [0.1, 0.15) is 41.9 Å². The van der Waals surface area contributed by atoms with Crippen molar-refractivity contribution >= 4 is 35.1 Å². The fraction of sp³-hybridized carbons (Fsp3) is 0.400. The number of guanidine groups is 1. The van der Waals surface area contributed by atoms with E-state index in [-0.39, 0.29) is 5.91 Å². The first kappa shape index (κ1) is 22.1. The third-order valence-corrected chi connectivity index (χ3v) is 4.98. The molecule has 6 nitrogen and oxygen atoms in total. The Morgan fingerprint density at radius 3 is 2.57 bits per heavy atom. The van der Waals surface area contributed by atoms with E-state index in [2.05, 4.69) is 20.9 Å². The van der Waals surface area contributed by atoms with Gasteiger partial charge in [0, 0.05) is 31.4 Å². The molecule has 3 N–H and O–H groups in total. The molecule has 0 aliphatic heterocycles. The molecule has 2 rings (SSSR count). The first-order chi connectivity index (χ1) is 13.5. The lowest BCUT2D eigenvalue weighted by molar-refractivity contribution is 0.0953. The number of nitrogens with zero attached hydrogens (tertiary/aromatic N) is 2. The van der Waals surface area contributed by atoms with Gasteiger partial charge in [-0.2, -0.15) is 0 Å². The average molecular weight is 424 g/mol. The molecule has 0 unspecified atom stereocenters. The van der Waals surface area contributed by atoms with Crippen LogP contribution in [0.2, 0.25) is 10.2 Å². The maximum absolute atomic E-state index is 12.1. The van der Waals surface area contributed by atoms with E-state index >= 15 is 0 Å². The zero-order valence-electron chi connectivity index (χ0n) is 16.5. The fourth-order valence-corrected chi connectivity index (χ4v) is 3.01. The van der Waals surface area contributed by atoms with E-state index in [1.807, 2.05) is 55.8 Å². The van der Waals surface area contributed by atoms with Crippen LogP contribution >= 0.6 is 23.2 Å². The van der Waals surface area contributed by atoms with Crippen molar-refractivity contribution in [2.75, 3.05) is 13.1 Å². The highest BCUT2D eigenvalue weighted by atomic mass is 35.5. The number of hydrogen-bond donors (Lipinski definition) is 3. The molecule has 152 valence electrons. The molecule has 0 atom stereocenters. The number of carbonyl (C=O) groups excluding carboxylic acids is 1. The number of benzene rings is 1. The molecule has 0 saturated heterocycles. The van der Waals surface area contributed by atoms with Crippen LogP contribution in [-0.2, 0) is 20.1 Å². The van der Waals surface area contributed by atoms with Crippen LogP contribution in [0.5, 0.6) is 0 Å². The Labute approximate surface area is 176 Å². The highest BCUT2D eigenvalue weighted by Crippen LogP contribution is 2.24. The van der Waals surface area contributed by atoms with Crippen molar-refractivity contribution in [3.05, 3.63) is 57.3 Å². The summed E-state index contributed by atoms with van der Waals surface area (Å²) in [5, 5.41) is 10.4. The van der Waals surface area contributed by atoms with Gasteiger partial charge in [0.2, 0.25) is 0 Å². The standard InChI is InChI=1S/C20H27Cl2N5O/c1-4-9-24-19(28)15-8-6-7-14(10-15)12-25-20(23-5-2)26-13-16-11-17(21)18(22)27(16)3/h6-8,10-11H,4-5,9,12-13H2,1-3H3,(H,24,28)(H2,23,25,26). The molecule has 1 heterocycles. The lowest BCUT2D eigenvalue weighted by atomic mass is 10.1. The van der Waals surface area contributed by atoms with Gasteiger partial charge in [0.05, 0.1) is 18.1 Å². The van der Waals surface area contributed by atoms with Crippen molar-refractivity contribution in [1.29, 1.82) is 0 Å². The van der Waals surface area contributed by atoms with Crippen LogP contribution in [0.15, 0.2) is 35.3 Å². The van der Waals surface area contributed by atoms with Crippen LogP contribution in [0.25, 0.3) is 0 Å². The van der Waals surface area contributed by atoms with Gasteiger partial charge in [-0.15, -0.1) is 0 Å². The molecule has 2 aromatic rings. The van der Waals surface area contributed by atoms with Crippen molar-refractivity contribution in [3.8, 4) is 0 Å². The second-order valence-corrected chi connectivity index (χ2v) is 7.10. The molecule has 1 aromatic carbocycles. The van der Waals surface area contributed by atoms with E-state index in [0.717, 1.165) is 24.2 Å². The number of nitrogens with one attached hydrogen (secondary N) is 3. The van der Waals surface area contributed by atoms with Gasteiger partial charge < -0.3 is 20.5 Å². The van der Waals surface area contributed by atoms with E-state index in [0.29, 0.717) is 41.3 Å². The number of aromatic nitrogens is 1. The molecule has 28 heavy (non-hydrogen) atoms. The first-order valence-electron chi connectivity index (χ1n) is 9.35. The SMILES string of the molecule is CCCNC(=O)c1cccc(CN=C(NCC)NCc2cc(Cl)c(Cl)n2C)c1. The molecular formula is C20H27Cl2N5O. The summed E-state index contributed by atoms with van der Waals surface area (Å²) >= 11 is 12.2. The Hall–Kier alpha value is -2.18. The van der Waals surface area contributed by atoms with E-state index in [9.17, 15) is 4.79 Å². The van der Waals surface area contributed by atoms with Crippen LogP contribution in [-0.4, -0.2) is 29.5 Å². The van der Waals surface area contributed by atoms with E-state index in [1.54, 1.807) is 0 Å². The molecule has 0 saturated carbocycles. The maximum Gasteiger partial charge on any atom is 0.251 e. The van der Waals surface area contributed by atoms with Gasteiger partial charge in [-0.05, 0) is 37.1 Å². The Morgan fingerprint density at radius 1 is 1.14 bits per heavy atom. The number of halogens is 2. The molecule has 0 aliphatic carbocycles. The normalized spacial score (nSPS) is 11.4. The van der Waals surface area contributed by atoms with E-state index < -0.39 is 0 Å². The molecule has 1 aromatic heterocycles. The van der Waals surface area contributed by atoms with Gasteiger partial charge in [0.25, 0.3) is 5.91 Å². The van der Waals surface area contributed by atoms with E-state index in [1.165, 1.54) is 0 Å². The van der Waals surface area contributed by atoms with Crippen molar-refractivity contribution < 1.29 is 4.79 Å². The molecule has 0 spiro atoms. The zero-order valence-corrected chi connectivity index (χ0v) is 18.0. The second-order valence-electron chi connectivity index (χ2n) is 6.34. The van der Waals surface area contributed by atoms with Gasteiger partial charge in [0.15, 0.2) is 5.96 Å². The van der Waals surface area contributed by atoms with Gasteiger partial charge in [-0.1, -0.05) is 42.3 Å². The number of carbonyl (C=O) groups is 1. The summed E-state index contributed by atoms with van der Waals surface area (Å²) in [5.41, 5.74) is 2.56. The summed E-state index contributed by atoms with van der Waals surface area (Å²) in [6.45, 7) is 6.43. The highest BCUT2D eigenvalue weighted by Gasteiger charge is 2.09. The smallest absolute Gasteiger partial charge is 0.251 e. The summed E-state index contributed by atoms with van der Waals surface area (Å²) in [5.74, 6) is 0.618. The second kappa shape index (κ2) is 11.0. The summed E-state index contributed by atoms with van der Waals surface area (Å²) in [7, 11) is 1.87. The van der Waals surface area contributed by atoms with E-state index in [4.69, 9.17) is 23.2 Å². The minimum atomic E-state index is -0.0600. The Kier molecular flexibility index (Phi) is 8.67. The van der Waals surface area contributed by atoms with Crippen LogP contribution in [0.3, 0.4) is 0 Å². The molecular weight excluding hydrogens is 397 g/mol. The maximum atomic E-state index is 12.1. The van der Waals surface area contributed by atoms with Crippen LogP contribution in [0, 0.1) is 0 Å². The molecule has 0 radical (unpaired) electrons. The van der Waals surface area contributed by atoms with Gasteiger partial charge in [0.1, 0.15) is 5.15 Å². The quantitative estimate of drug-likeness (QED) is 0.447. The molecule has 8 heteroatoms. The zero-order chi connectivity index (χ0) is 20.5. The topological polar surface area (TPSA) is 70.4 Å². The first-order valence-corrected chi connectivity index (χ1v) is 10.1. The third kappa shape index (κ3) is 6.17. The number of aliphatic imine (C=N–C) groups is 1. The molecule has 1 amide bonds. The van der Waals surface area contributed by atoms with Crippen LogP contribution < -0.4 is 16.0 Å². The van der Waals surface area contributed by atoms with Crippen molar-refractivity contribution in [1.82, 2.24) is 20.5 Å². The minimum absolute atomic E-state index is 0.0600. The lowest BCUT2D eigenvalue weighted by Gasteiger charge is -2.12. The van der Waals surface area contributed by atoms with Crippen molar-refractivity contribution in [3.63, 3.8) is 0 Å². The van der Waals surface area contributed by atoms with Gasteiger partial charge >= 0.3 is 0 Å². The number of amides is 1. The molecule has 0 bridgehead atoms. The summed E-state index contributed by atoms with van der Waals surface area (Å²) in [6.07, 6.45) is 0.908. The number of rotatable bonds is 8. The summed E-state index contributed by atoms with van der Waals surface area (Å²) in [4.78, 5) is 16.7. The van der Waals surface area contributed by atoms with Crippen molar-refractivity contribution in [2.45, 2.75) is 33.4 Å². The van der Waals surface area contributed by atoms with Crippen molar-refractivity contribution in [2.24, 2.45) is 12.0 Å². The monoisotopic (exact) mass is 423 g/mol. The van der Waals surface area contributed by atoms with Crippen LogP contribution in [0.4, 0.5) is 0 Å². The van der Waals surface area contributed by atoms with Gasteiger partial charge in [-0.3, -0.25) is 4.79 Å². The predicted molar refractivity (Wildman–Crippen MR) is 116 cm³/mol. The molecule has 0 aliphatic rings. The predicted octanol–water partition coefficient (Wildman–Crippen LogP) is 3.73. The minimum Gasteiger partial charge on any atom is -0.357 e. The molecule has 0 fully saturated rings.